The van der Waals surface area contributed by atoms with E-state index in [1.165, 1.54) is 0 Å². The Morgan fingerprint density at radius 3 is 2.43 bits per heavy atom. The minimum atomic E-state index is 0.606. The SMILES string of the molecule is Cc1csc(-c2nn(C)c(N)c2-c2ccc(Cl)cc2)c1Cl. The number of anilines is 1. The largest absolute Gasteiger partial charge is 0.383 e. The summed E-state index contributed by atoms with van der Waals surface area (Å²) in [4.78, 5) is 0.936. The normalized spacial score (nSPS) is 11.0. The van der Waals surface area contributed by atoms with E-state index in [4.69, 9.17) is 28.9 Å². The second-order valence-corrected chi connectivity index (χ2v) is 6.50. The molecule has 6 heteroatoms. The van der Waals surface area contributed by atoms with Crippen LogP contribution in [0.5, 0.6) is 0 Å². The van der Waals surface area contributed by atoms with Gasteiger partial charge in [0.15, 0.2) is 0 Å². The van der Waals surface area contributed by atoms with E-state index in [0.29, 0.717) is 10.8 Å². The Balaban J connectivity index is 2.25. The Morgan fingerprint density at radius 2 is 1.86 bits per heavy atom. The van der Waals surface area contributed by atoms with E-state index in [-0.39, 0.29) is 0 Å². The first-order valence-corrected chi connectivity index (χ1v) is 7.95. The summed E-state index contributed by atoms with van der Waals surface area (Å²) in [6, 6.07) is 7.56. The predicted octanol–water partition coefficient (Wildman–Crippen LogP) is 5.01. The van der Waals surface area contributed by atoms with Crippen LogP contribution in [0.1, 0.15) is 5.56 Å². The average molecular weight is 338 g/mol. The van der Waals surface area contributed by atoms with Gasteiger partial charge >= 0.3 is 0 Å². The fourth-order valence-corrected chi connectivity index (χ4v) is 3.59. The molecule has 0 aliphatic carbocycles. The molecule has 3 aromatic rings. The Morgan fingerprint density at radius 1 is 1.19 bits per heavy atom. The van der Waals surface area contributed by atoms with Crippen molar-refractivity contribution in [2.45, 2.75) is 6.92 Å². The quantitative estimate of drug-likeness (QED) is 0.713. The molecular formula is C15H13Cl2N3S. The summed E-state index contributed by atoms with van der Waals surface area (Å²) in [5, 5.41) is 7.98. The lowest BCUT2D eigenvalue weighted by Gasteiger charge is -2.04. The topological polar surface area (TPSA) is 43.8 Å². The van der Waals surface area contributed by atoms with E-state index < -0.39 is 0 Å². The number of halogens is 2. The molecule has 3 nitrogen and oxygen atoms in total. The lowest BCUT2D eigenvalue weighted by molar-refractivity contribution is 0.783. The number of nitrogen functional groups attached to an aromatic ring is 1. The molecule has 0 unspecified atom stereocenters. The van der Waals surface area contributed by atoms with Crippen LogP contribution in [-0.4, -0.2) is 9.78 Å². The number of aromatic nitrogens is 2. The van der Waals surface area contributed by atoms with Gasteiger partial charge in [-0.3, -0.25) is 4.68 Å². The van der Waals surface area contributed by atoms with Crippen LogP contribution in [0.3, 0.4) is 0 Å². The number of rotatable bonds is 2. The molecule has 0 aliphatic rings. The predicted molar refractivity (Wildman–Crippen MR) is 91.1 cm³/mol. The highest BCUT2D eigenvalue weighted by Crippen LogP contribution is 2.43. The Labute approximate surface area is 136 Å². The first-order chi connectivity index (χ1) is 9.99. The van der Waals surface area contributed by atoms with E-state index in [9.17, 15) is 0 Å². The molecule has 0 saturated carbocycles. The highest BCUT2D eigenvalue weighted by molar-refractivity contribution is 7.14. The standard InChI is InChI=1S/C15H13Cl2N3S/c1-8-7-21-14(12(8)17)13-11(15(18)20(2)19-13)9-3-5-10(16)6-4-9/h3-7H,18H2,1-2H3. The summed E-state index contributed by atoms with van der Waals surface area (Å²) in [6.07, 6.45) is 0. The molecule has 0 bridgehead atoms. The second-order valence-electron chi connectivity index (χ2n) is 4.80. The van der Waals surface area contributed by atoms with Crippen molar-refractivity contribution in [3.63, 3.8) is 0 Å². The van der Waals surface area contributed by atoms with Crippen molar-refractivity contribution < 1.29 is 0 Å². The van der Waals surface area contributed by atoms with E-state index in [1.54, 1.807) is 16.0 Å². The lowest BCUT2D eigenvalue weighted by Crippen LogP contribution is -1.97. The number of thiophene rings is 1. The fourth-order valence-electron chi connectivity index (χ4n) is 2.19. The minimum Gasteiger partial charge on any atom is -0.383 e. The molecule has 0 fully saturated rings. The summed E-state index contributed by atoms with van der Waals surface area (Å²) >= 11 is 13.9. The maximum atomic E-state index is 6.39. The van der Waals surface area contributed by atoms with Gasteiger partial charge in [0.25, 0.3) is 0 Å². The van der Waals surface area contributed by atoms with Gasteiger partial charge in [0.1, 0.15) is 11.5 Å². The first kappa shape index (κ1) is 14.4. The molecule has 1 aromatic carbocycles. The molecule has 2 heterocycles. The summed E-state index contributed by atoms with van der Waals surface area (Å²) in [6.45, 7) is 1.98. The van der Waals surface area contributed by atoms with E-state index >= 15 is 0 Å². The van der Waals surface area contributed by atoms with E-state index in [2.05, 4.69) is 5.10 Å². The van der Waals surface area contributed by atoms with Gasteiger partial charge in [-0.25, -0.2) is 0 Å². The fraction of sp³-hybridized carbons (Fsp3) is 0.133. The van der Waals surface area contributed by atoms with E-state index in [0.717, 1.165) is 32.3 Å². The average Bonchev–Trinajstić information content (AvgIpc) is 2.93. The van der Waals surface area contributed by atoms with Crippen molar-refractivity contribution in [3.05, 3.63) is 45.3 Å². The van der Waals surface area contributed by atoms with Crippen LogP contribution in [-0.2, 0) is 7.05 Å². The van der Waals surface area contributed by atoms with Crippen molar-refractivity contribution >= 4 is 40.4 Å². The molecule has 3 rings (SSSR count). The molecule has 0 radical (unpaired) electrons. The zero-order chi connectivity index (χ0) is 15.1. The van der Waals surface area contributed by atoms with Gasteiger partial charge in [0.2, 0.25) is 0 Å². The number of hydrogen-bond donors (Lipinski definition) is 1. The zero-order valence-electron chi connectivity index (χ0n) is 11.5. The van der Waals surface area contributed by atoms with Crippen LogP contribution >= 0.6 is 34.5 Å². The molecule has 21 heavy (non-hydrogen) atoms. The van der Waals surface area contributed by atoms with Crippen molar-refractivity contribution in [3.8, 4) is 21.7 Å². The van der Waals surface area contributed by atoms with Crippen LogP contribution < -0.4 is 5.73 Å². The summed E-state index contributed by atoms with van der Waals surface area (Å²) in [5.74, 6) is 0.606. The Bertz CT molecular complexity index is 803. The Hall–Kier alpha value is -1.49. The number of nitrogens with two attached hydrogens (primary N) is 1. The van der Waals surface area contributed by atoms with Crippen LogP contribution in [0.2, 0.25) is 10.0 Å². The number of nitrogens with zero attached hydrogens (tertiary/aromatic N) is 2. The van der Waals surface area contributed by atoms with Crippen molar-refractivity contribution in [1.82, 2.24) is 9.78 Å². The van der Waals surface area contributed by atoms with Gasteiger partial charge in [-0.1, -0.05) is 35.3 Å². The van der Waals surface area contributed by atoms with Crippen LogP contribution in [0, 0.1) is 6.92 Å². The van der Waals surface area contributed by atoms with Gasteiger partial charge in [0.05, 0.1) is 15.5 Å². The molecule has 0 spiro atoms. The number of aryl methyl sites for hydroxylation is 2. The second kappa shape index (κ2) is 5.37. The zero-order valence-corrected chi connectivity index (χ0v) is 13.9. The molecule has 108 valence electrons. The monoisotopic (exact) mass is 337 g/mol. The first-order valence-electron chi connectivity index (χ1n) is 6.31. The summed E-state index contributed by atoms with van der Waals surface area (Å²) in [7, 11) is 1.83. The van der Waals surface area contributed by atoms with Gasteiger partial charge in [-0.2, -0.15) is 5.10 Å². The highest BCUT2D eigenvalue weighted by atomic mass is 35.5. The Kier molecular flexibility index (Phi) is 3.69. The third-order valence-corrected chi connectivity index (χ3v) is 5.29. The summed E-state index contributed by atoms with van der Waals surface area (Å²) < 4.78 is 1.67. The van der Waals surface area contributed by atoms with Gasteiger partial charge < -0.3 is 5.73 Å². The number of hydrogen-bond acceptors (Lipinski definition) is 3. The van der Waals surface area contributed by atoms with Crippen molar-refractivity contribution in [1.29, 1.82) is 0 Å². The van der Waals surface area contributed by atoms with E-state index in [1.807, 2.05) is 43.6 Å². The maximum absolute atomic E-state index is 6.39. The molecule has 0 atom stereocenters. The highest BCUT2D eigenvalue weighted by Gasteiger charge is 2.21. The lowest BCUT2D eigenvalue weighted by atomic mass is 10.0. The third-order valence-electron chi connectivity index (χ3n) is 3.34. The minimum absolute atomic E-state index is 0.606. The van der Waals surface area contributed by atoms with Gasteiger partial charge in [-0.15, -0.1) is 11.3 Å². The van der Waals surface area contributed by atoms with Gasteiger partial charge in [-0.05, 0) is 35.6 Å². The molecule has 0 saturated heterocycles. The number of benzene rings is 1. The summed E-state index contributed by atoms with van der Waals surface area (Å²) in [5.41, 5.74) is 9.91. The van der Waals surface area contributed by atoms with Crippen LogP contribution in [0.15, 0.2) is 29.6 Å². The molecule has 2 aromatic heterocycles. The maximum Gasteiger partial charge on any atom is 0.129 e. The molecule has 0 aliphatic heterocycles. The van der Waals surface area contributed by atoms with Crippen LogP contribution in [0.25, 0.3) is 21.7 Å². The molecule has 2 N–H and O–H groups in total. The van der Waals surface area contributed by atoms with Crippen molar-refractivity contribution in [2.75, 3.05) is 5.73 Å². The molecule has 0 amide bonds. The van der Waals surface area contributed by atoms with Crippen molar-refractivity contribution in [2.24, 2.45) is 7.05 Å². The smallest absolute Gasteiger partial charge is 0.129 e. The van der Waals surface area contributed by atoms with Gasteiger partial charge in [0, 0.05) is 12.1 Å². The molecular weight excluding hydrogens is 325 g/mol. The third kappa shape index (κ3) is 2.44. The van der Waals surface area contributed by atoms with Crippen LogP contribution in [0.4, 0.5) is 5.82 Å².